The summed E-state index contributed by atoms with van der Waals surface area (Å²) in [6.45, 7) is 2.59. The van der Waals surface area contributed by atoms with E-state index in [0.29, 0.717) is 41.6 Å². The summed E-state index contributed by atoms with van der Waals surface area (Å²) in [6, 6.07) is 5.50. The number of anilines is 2. The number of ether oxygens (including phenoxy) is 1. The van der Waals surface area contributed by atoms with Gasteiger partial charge in [0.25, 0.3) is 0 Å². The number of halogens is 1. The minimum absolute atomic E-state index is 0.0170. The van der Waals surface area contributed by atoms with Crippen molar-refractivity contribution in [3.8, 4) is 11.1 Å². The number of benzene rings is 1. The number of aromatic amines is 1. The molecule has 1 unspecified atom stereocenters. The number of hydrogen-bond donors (Lipinski definition) is 3. The van der Waals surface area contributed by atoms with Crippen LogP contribution in [-0.2, 0) is 11.8 Å². The van der Waals surface area contributed by atoms with Crippen molar-refractivity contribution in [1.29, 1.82) is 0 Å². The Hall–Kier alpha value is -4.19. The van der Waals surface area contributed by atoms with Crippen molar-refractivity contribution in [2.75, 3.05) is 57.6 Å². The van der Waals surface area contributed by atoms with Crippen LogP contribution in [0.25, 0.3) is 44.1 Å². The maximum atomic E-state index is 13.2. The van der Waals surface area contributed by atoms with Crippen LogP contribution in [0.4, 0.5) is 11.4 Å². The Morgan fingerprint density at radius 1 is 1.24 bits per heavy atom. The molecule has 0 saturated carbocycles. The monoisotopic (exact) mass is 575 g/mol. The lowest BCUT2D eigenvalue weighted by molar-refractivity contribution is 0.0249. The van der Waals surface area contributed by atoms with Gasteiger partial charge in [-0.25, -0.2) is 14.8 Å². The second-order valence-corrected chi connectivity index (χ2v) is 11.0. The third kappa shape index (κ3) is 4.65. The molecule has 0 aliphatic carbocycles. The molecule has 0 amide bonds. The second-order valence-electron chi connectivity index (χ2n) is 10.6. The van der Waals surface area contributed by atoms with E-state index in [1.807, 2.05) is 33.3 Å². The van der Waals surface area contributed by atoms with Gasteiger partial charge in [-0.15, -0.1) is 0 Å². The first kappa shape index (κ1) is 27.0. The average molecular weight is 576 g/mol. The summed E-state index contributed by atoms with van der Waals surface area (Å²) in [4.78, 5) is 42.2. The number of rotatable bonds is 6. The van der Waals surface area contributed by atoms with Crippen LogP contribution in [-0.4, -0.2) is 89.0 Å². The van der Waals surface area contributed by atoms with Crippen LogP contribution >= 0.6 is 11.6 Å². The first-order chi connectivity index (χ1) is 19.7. The number of carboxylic acid groups (broad SMARTS) is 1. The van der Waals surface area contributed by atoms with E-state index < -0.39 is 11.4 Å². The van der Waals surface area contributed by atoms with Gasteiger partial charge in [-0.3, -0.25) is 4.79 Å². The maximum absolute atomic E-state index is 13.2. The number of fused-ring (bicyclic) bond motifs is 4. The number of nitrogens with one attached hydrogen (secondary N) is 2. The van der Waals surface area contributed by atoms with E-state index in [9.17, 15) is 14.7 Å². The fraction of sp³-hybridized carbons (Fsp3) is 0.310. The number of aryl methyl sites for hydroxylation is 1. The highest BCUT2D eigenvalue weighted by atomic mass is 35.5. The number of likely N-dealkylation sites (N-methyl/N-ethyl adjacent to an activating group) is 1. The summed E-state index contributed by atoms with van der Waals surface area (Å²) in [5.41, 5.74) is 4.29. The van der Waals surface area contributed by atoms with Crippen LogP contribution in [0.3, 0.4) is 0 Å². The highest BCUT2D eigenvalue weighted by Gasteiger charge is 2.28. The van der Waals surface area contributed by atoms with Crippen molar-refractivity contribution >= 4 is 61.9 Å². The number of morpholine rings is 1. The molecule has 5 heterocycles. The topological polar surface area (TPSA) is 129 Å². The number of H-pyrrole nitrogens is 1. The third-order valence-electron chi connectivity index (χ3n) is 7.51. The summed E-state index contributed by atoms with van der Waals surface area (Å²) in [5, 5.41) is 15.4. The quantitative estimate of drug-likeness (QED) is 0.277. The van der Waals surface area contributed by atoms with Crippen molar-refractivity contribution in [3.63, 3.8) is 0 Å². The Kier molecular flexibility index (Phi) is 6.80. The van der Waals surface area contributed by atoms with Crippen LogP contribution in [0.2, 0.25) is 5.02 Å². The smallest absolute Gasteiger partial charge is 0.341 e. The van der Waals surface area contributed by atoms with E-state index in [1.54, 1.807) is 30.1 Å². The molecule has 0 bridgehead atoms. The minimum atomic E-state index is -1.28. The molecule has 12 heteroatoms. The third-order valence-corrected chi connectivity index (χ3v) is 7.73. The maximum Gasteiger partial charge on any atom is 0.341 e. The zero-order valence-corrected chi connectivity index (χ0v) is 23.9. The second kappa shape index (κ2) is 10.3. The Bertz CT molecular complexity index is 1900. The standard InChI is InChI=1S/C29H30ClN7O4/c1-31-22-9-16(30)8-18-23-25(37-5-6-41-17(13-37)12-35(2)3)20(11-32-27(23)34-24(18)22)15-7-19-26(38)21(29(39)40)14-36(4)28(19)33-10-15/h7-11,14,17,31H,5-6,12-13H2,1-4H3,(H,32,34)(H,39,40). The number of pyridine rings is 3. The molecule has 11 nitrogen and oxygen atoms in total. The predicted molar refractivity (Wildman–Crippen MR) is 162 cm³/mol. The van der Waals surface area contributed by atoms with Gasteiger partial charge < -0.3 is 34.5 Å². The number of hydrogen-bond acceptors (Lipinski definition) is 8. The molecule has 1 aromatic carbocycles. The fourth-order valence-corrected chi connectivity index (χ4v) is 5.97. The van der Waals surface area contributed by atoms with E-state index >= 15 is 0 Å². The molecule has 3 N–H and O–H groups in total. The van der Waals surface area contributed by atoms with Crippen LogP contribution in [0.5, 0.6) is 0 Å². The fourth-order valence-electron chi connectivity index (χ4n) is 5.75. The van der Waals surface area contributed by atoms with Gasteiger partial charge in [0.15, 0.2) is 0 Å². The Labute approximate surface area is 240 Å². The van der Waals surface area contributed by atoms with Gasteiger partial charge in [0, 0.05) is 73.9 Å². The Morgan fingerprint density at radius 2 is 2.05 bits per heavy atom. The normalized spacial score (nSPS) is 15.9. The van der Waals surface area contributed by atoms with Gasteiger partial charge in [0.2, 0.25) is 5.43 Å². The summed E-state index contributed by atoms with van der Waals surface area (Å²) in [7, 11) is 7.56. The van der Waals surface area contributed by atoms with Crippen molar-refractivity contribution in [1.82, 2.24) is 24.4 Å². The Balaban J connectivity index is 1.65. The molecule has 4 aromatic heterocycles. The van der Waals surface area contributed by atoms with Gasteiger partial charge in [-0.2, -0.15) is 0 Å². The minimum Gasteiger partial charge on any atom is -0.477 e. The summed E-state index contributed by atoms with van der Waals surface area (Å²) in [6.07, 6.45) is 4.76. The number of aromatic nitrogens is 4. The summed E-state index contributed by atoms with van der Waals surface area (Å²) < 4.78 is 7.65. The zero-order valence-electron chi connectivity index (χ0n) is 23.2. The lowest BCUT2D eigenvalue weighted by Gasteiger charge is -2.37. The molecule has 1 aliphatic rings. The molecule has 212 valence electrons. The highest BCUT2D eigenvalue weighted by Crippen LogP contribution is 2.43. The van der Waals surface area contributed by atoms with Crippen molar-refractivity contribution in [3.05, 3.63) is 57.6 Å². The molecule has 1 saturated heterocycles. The molecular weight excluding hydrogens is 546 g/mol. The first-order valence-corrected chi connectivity index (χ1v) is 13.6. The van der Waals surface area contributed by atoms with E-state index in [-0.39, 0.29) is 17.1 Å². The van der Waals surface area contributed by atoms with E-state index in [4.69, 9.17) is 21.3 Å². The number of carboxylic acids is 1. The van der Waals surface area contributed by atoms with Crippen molar-refractivity contribution in [2.24, 2.45) is 7.05 Å². The van der Waals surface area contributed by atoms with Crippen molar-refractivity contribution < 1.29 is 14.6 Å². The lowest BCUT2D eigenvalue weighted by atomic mass is 10.0. The van der Waals surface area contributed by atoms with Gasteiger partial charge in [-0.05, 0) is 32.3 Å². The van der Waals surface area contributed by atoms with Gasteiger partial charge >= 0.3 is 5.97 Å². The molecular formula is C29H30ClN7O4. The number of carbonyl (C=O) groups is 1. The molecule has 41 heavy (non-hydrogen) atoms. The van der Waals surface area contributed by atoms with E-state index in [1.165, 1.54) is 6.20 Å². The summed E-state index contributed by atoms with van der Waals surface area (Å²) >= 11 is 6.56. The molecule has 6 rings (SSSR count). The highest BCUT2D eigenvalue weighted by molar-refractivity contribution is 6.33. The molecule has 0 radical (unpaired) electrons. The van der Waals surface area contributed by atoms with Gasteiger partial charge in [0.1, 0.15) is 16.9 Å². The first-order valence-electron chi connectivity index (χ1n) is 13.2. The van der Waals surface area contributed by atoms with Crippen LogP contribution in [0, 0.1) is 0 Å². The van der Waals surface area contributed by atoms with Gasteiger partial charge in [0.05, 0.1) is 40.4 Å². The average Bonchev–Trinajstić information content (AvgIpc) is 3.32. The molecule has 1 fully saturated rings. The predicted octanol–water partition coefficient (Wildman–Crippen LogP) is 3.79. The lowest BCUT2D eigenvalue weighted by Crippen LogP contribution is -2.46. The molecule has 5 aromatic rings. The SMILES string of the molecule is CNc1cc(Cl)cc2c1[nH]c1ncc(-c3cnc4c(c3)c(=O)c(C(=O)O)cn4C)c(N3CCOC(CN(C)C)C3)c12. The summed E-state index contributed by atoms with van der Waals surface area (Å²) in [5.74, 6) is -1.28. The van der Waals surface area contributed by atoms with E-state index in [2.05, 4.69) is 25.1 Å². The Morgan fingerprint density at radius 3 is 2.78 bits per heavy atom. The molecule has 1 atom stereocenters. The number of aromatic carboxylic acids is 1. The van der Waals surface area contributed by atoms with Crippen LogP contribution in [0.15, 0.2) is 41.6 Å². The van der Waals surface area contributed by atoms with E-state index in [0.717, 1.165) is 39.8 Å². The van der Waals surface area contributed by atoms with Gasteiger partial charge in [-0.1, -0.05) is 11.6 Å². The largest absolute Gasteiger partial charge is 0.477 e. The zero-order chi connectivity index (χ0) is 29.0. The van der Waals surface area contributed by atoms with Crippen LogP contribution < -0.4 is 15.6 Å². The van der Waals surface area contributed by atoms with Crippen LogP contribution in [0.1, 0.15) is 10.4 Å². The van der Waals surface area contributed by atoms with Crippen molar-refractivity contribution in [2.45, 2.75) is 6.10 Å². The molecule has 0 spiro atoms. The molecule has 1 aliphatic heterocycles. The number of nitrogens with zero attached hydrogens (tertiary/aromatic N) is 5.